The molecular formula is C17H37IN4O4S. The molecule has 0 spiro atoms. The van der Waals surface area contributed by atoms with E-state index in [9.17, 15) is 8.42 Å². The van der Waals surface area contributed by atoms with Crippen LogP contribution in [0.5, 0.6) is 0 Å². The summed E-state index contributed by atoms with van der Waals surface area (Å²) >= 11 is 0. The first-order valence-corrected chi connectivity index (χ1v) is 11.1. The molecule has 0 saturated carbocycles. The average molecular weight is 520 g/mol. The minimum atomic E-state index is -3.26. The molecule has 0 bridgehead atoms. The van der Waals surface area contributed by atoms with E-state index < -0.39 is 10.0 Å². The summed E-state index contributed by atoms with van der Waals surface area (Å²) in [5.74, 6) is 0.886. The van der Waals surface area contributed by atoms with E-state index in [0.717, 1.165) is 38.4 Å². The number of ether oxygens (including phenoxy) is 2. The summed E-state index contributed by atoms with van der Waals surface area (Å²) in [6.45, 7) is 7.98. The predicted molar refractivity (Wildman–Crippen MR) is 121 cm³/mol. The second-order valence-electron chi connectivity index (χ2n) is 6.65. The van der Waals surface area contributed by atoms with E-state index in [4.69, 9.17) is 9.47 Å². The first-order valence-electron chi connectivity index (χ1n) is 9.44. The Labute approximate surface area is 182 Å². The van der Waals surface area contributed by atoms with Crippen LogP contribution < -0.4 is 5.32 Å². The Hall–Kier alpha value is -0.170. The van der Waals surface area contributed by atoms with Crippen molar-refractivity contribution in [2.45, 2.75) is 39.2 Å². The fraction of sp³-hybridized carbons (Fsp3) is 0.941. The number of nitrogens with one attached hydrogen (secondary N) is 1. The van der Waals surface area contributed by atoms with E-state index >= 15 is 0 Å². The molecule has 10 heteroatoms. The van der Waals surface area contributed by atoms with Gasteiger partial charge in [-0.1, -0.05) is 0 Å². The first-order chi connectivity index (χ1) is 12.4. The van der Waals surface area contributed by atoms with Crippen molar-refractivity contribution < 1.29 is 17.9 Å². The zero-order valence-electron chi connectivity index (χ0n) is 17.1. The molecule has 0 atom stereocenters. The minimum absolute atomic E-state index is 0. The summed E-state index contributed by atoms with van der Waals surface area (Å²) < 4.78 is 36.7. The number of piperazine rings is 1. The van der Waals surface area contributed by atoms with Crippen molar-refractivity contribution in [1.29, 1.82) is 0 Å². The number of nitrogens with zero attached hydrogens (tertiary/aromatic N) is 3. The molecule has 1 fully saturated rings. The zero-order chi connectivity index (χ0) is 19.4. The van der Waals surface area contributed by atoms with Crippen molar-refractivity contribution >= 4 is 40.0 Å². The maximum Gasteiger partial charge on any atom is 0.216 e. The van der Waals surface area contributed by atoms with Crippen LogP contribution in [0.25, 0.3) is 0 Å². The molecule has 0 aromatic heterocycles. The van der Waals surface area contributed by atoms with Crippen LogP contribution in [-0.4, -0.2) is 95.5 Å². The number of guanidine groups is 1. The number of hydrogen-bond donors (Lipinski definition) is 1. The van der Waals surface area contributed by atoms with Gasteiger partial charge in [-0.3, -0.25) is 4.99 Å². The fourth-order valence-corrected chi connectivity index (χ4v) is 4.06. The fourth-order valence-electron chi connectivity index (χ4n) is 2.78. The maximum absolute atomic E-state index is 12.4. The van der Waals surface area contributed by atoms with Gasteiger partial charge in [-0.15, -0.1) is 24.0 Å². The summed E-state index contributed by atoms with van der Waals surface area (Å²) in [6, 6.07) is 0. The molecule has 1 aliphatic rings. The number of hydrogen-bond acceptors (Lipinski definition) is 5. The van der Waals surface area contributed by atoms with Crippen LogP contribution in [0.1, 0.15) is 33.1 Å². The topological polar surface area (TPSA) is 83.5 Å². The third-order valence-corrected chi connectivity index (χ3v) is 6.08. The number of rotatable bonds is 11. The first kappa shape index (κ1) is 26.8. The third kappa shape index (κ3) is 10.8. The van der Waals surface area contributed by atoms with Gasteiger partial charge in [-0.05, 0) is 33.1 Å². The van der Waals surface area contributed by atoms with E-state index in [0.29, 0.717) is 26.2 Å². The second kappa shape index (κ2) is 14.8. The van der Waals surface area contributed by atoms with Gasteiger partial charge in [0.2, 0.25) is 10.0 Å². The van der Waals surface area contributed by atoms with Crippen LogP contribution in [0.4, 0.5) is 0 Å². The number of halogens is 1. The molecule has 8 nitrogen and oxygen atoms in total. The van der Waals surface area contributed by atoms with Gasteiger partial charge in [-0.25, -0.2) is 8.42 Å². The molecule has 0 aromatic carbocycles. The van der Waals surface area contributed by atoms with Crippen molar-refractivity contribution in [1.82, 2.24) is 14.5 Å². The Morgan fingerprint density at radius 3 is 2.33 bits per heavy atom. The summed E-state index contributed by atoms with van der Waals surface area (Å²) in [5.41, 5.74) is 0. The molecular weight excluding hydrogens is 483 g/mol. The van der Waals surface area contributed by atoms with Crippen LogP contribution in [0.2, 0.25) is 0 Å². The zero-order valence-corrected chi connectivity index (χ0v) is 20.3. The van der Waals surface area contributed by atoms with Crippen LogP contribution in [0.15, 0.2) is 4.99 Å². The van der Waals surface area contributed by atoms with E-state index in [1.165, 1.54) is 0 Å². The normalized spacial score (nSPS) is 16.5. The SMILES string of the molecule is CN=C(NCCCCCOC)N1CCN(S(=O)(=O)CCOC(C)C)CC1.I. The average Bonchev–Trinajstić information content (AvgIpc) is 2.61. The Bertz CT molecular complexity index is 509. The van der Waals surface area contributed by atoms with Crippen molar-refractivity contribution in [2.75, 3.05) is 65.8 Å². The van der Waals surface area contributed by atoms with Crippen molar-refractivity contribution in [3.8, 4) is 0 Å². The highest BCUT2D eigenvalue weighted by atomic mass is 127. The van der Waals surface area contributed by atoms with Crippen molar-refractivity contribution in [3.05, 3.63) is 0 Å². The van der Waals surface area contributed by atoms with Gasteiger partial charge >= 0.3 is 0 Å². The molecule has 1 saturated heterocycles. The molecule has 0 radical (unpaired) electrons. The molecule has 0 aromatic rings. The van der Waals surface area contributed by atoms with E-state index in [2.05, 4.69) is 15.2 Å². The van der Waals surface area contributed by atoms with Crippen molar-refractivity contribution in [2.24, 2.45) is 4.99 Å². The quantitative estimate of drug-likeness (QED) is 0.192. The Balaban J connectivity index is 0.00000676. The highest BCUT2D eigenvalue weighted by Crippen LogP contribution is 2.09. The van der Waals surface area contributed by atoms with Gasteiger partial charge in [0.15, 0.2) is 5.96 Å². The largest absolute Gasteiger partial charge is 0.385 e. The third-order valence-electron chi connectivity index (χ3n) is 4.24. The number of aliphatic imine (C=N–C) groups is 1. The minimum Gasteiger partial charge on any atom is -0.385 e. The molecule has 1 aliphatic heterocycles. The van der Waals surface area contributed by atoms with Gasteiger partial charge in [0.05, 0.1) is 18.5 Å². The van der Waals surface area contributed by atoms with Gasteiger partial charge < -0.3 is 19.7 Å². The van der Waals surface area contributed by atoms with Gasteiger partial charge in [0, 0.05) is 53.5 Å². The number of unbranched alkanes of at least 4 members (excludes halogenated alkanes) is 2. The van der Waals surface area contributed by atoms with Gasteiger partial charge in [-0.2, -0.15) is 4.31 Å². The molecule has 1 rings (SSSR count). The lowest BCUT2D eigenvalue weighted by Crippen LogP contribution is -2.54. The lowest BCUT2D eigenvalue weighted by molar-refractivity contribution is 0.0904. The van der Waals surface area contributed by atoms with Crippen LogP contribution in [0, 0.1) is 0 Å². The molecule has 27 heavy (non-hydrogen) atoms. The molecule has 1 N–H and O–H groups in total. The molecule has 0 aliphatic carbocycles. The predicted octanol–water partition coefficient (Wildman–Crippen LogP) is 1.37. The van der Waals surface area contributed by atoms with E-state index in [1.54, 1.807) is 18.5 Å². The summed E-state index contributed by atoms with van der Waals surface area (Å²) in [4.78, 5) is 6.44. The number of sulfonamides is 1. The van der Waals surface area contributed by atoms with E-state index in [1.807, 2.05) is 13.8 Å². The number of methoxy groups -OCH3 is 1. The lowest BCUT2D eigenvalue weighted by Gasteiger charge is -2.35. The second-order valence-corrected chi connectivity index (χ2v) is 8.74. The maximum atomic E-state index is 12.4. The van der Waals surface area contributed by atoms with Crippen molar-refractivity contribution in [3.63, 3.8) is 0 Å². The highest BCUT2D eigenvalue weighted by molar-refractivity contribution is 14.0. The summed E-state index contributed by atoms with van der Waals surface area (Å²) in [7, 11) is 0.228. The molecule has 1 heterocycles. The van der Waals surface area contributed by atoms with E-state index in [-0.39, 0.29) is 42.4 Å². The van der Waals surface area contributed by atoms with Crippen LogP contribution in [0.3, 0.4) is 0 Å². The lowest BCUT2D eigenvalue weighted by atomic mass is 10.2. The molecule has 0 amide bonds. The standard InChI is InChI=1S/C17H36N4O4S.HI/c1-16(2)25-14-15-26(22,23)21-11-9-20(10-12-21)17(18-3)19-8-6-5-7-13-24-4;/h16H,5-15H2,1-4H3,(H,18,19);1H. The summed E-state index contributed by atoms with van der Waals surface area (Å²) in [5, 5.41) is 3.36. The Morgan fingerprint density at radius 1 is 1.11 bits per heavy atom. The molecule has 162 valence electrons. The van der Waals surface area contributed by atoms with Gasteiger partial charge in [0.1, 0.15) is 0 Å². The summed E-state index contributed by atoms with van der Waals surface area (Å²) in [6.07, 6.45) is 3.29. The molecule has 0 unspecified atom stereocenters. The van der Waals surface area contributed by atoms with Crippen LogP contribution >= 0.6 is 24.0 Å². The van der Waals surface area contributed by atoms with Crippen LogP contribution in [-0.2, 0) is 19.5 Å². The Kier molecular flexibility index (Phi) is 14.7. The smallest absolute Gasteiger partial charge is 0.216 e. The Morgan fingerprint density at radius 2 is 1.78 bits per heavy atom. The monoisotopic (exact) mass is 520 g/mol. The van der Waals surface area contributed by atoms with Gasteiger partial charge in [0.25, 0.3) is 0 Å². The highest BCUT2D eigenvalue weighted by Gasteiger charge is 2.27.